The molecule has 1 aromatic heterocycles. The molecule has 1 amide bonds. The zero-order valence-corrected chi connectivity index (χ0v) is 11.3. The summed E-state index contributed by atoms with van der Waals surface area (Å²) in [7, 11) is 0. The van der Waals surface area contributed by atoms with E-state index in [-0.39, 0.29) is 12.1 Å². The molecule has 0 unspecified atom stereocenters. The average Bonchev–Trinajstić information content (AvgIpc) is 2.76. The second-order valence-corrected chi connectivity index (χ2v) is 5.44. The first-order valence-corrected chi connectivity index (χ1v) is 6.85. The van der Waals surface area contributed by atoms with Gasteiger partial charge in [0.2, 0.25) is 0 Å². The van der Waals surface area contributed by atoms with Crippen molar-refractivity contribution < 1.29 is 9.90 Å². The largest absolute Gasteiger partial charge is 0.465 e. The van der Waals surface area contributed by atoms with Crippen molar-refractivity contribution in [3.05, 3.63) is 23.4 Å². The van der Waals surface area contributed by atoms with E-state index in [0.29, 0.717) is 13.1 Å². The fraction of sp³-hybridized carbons (Fsp3) is 0.571. The lowest BCUT2D eigenvalue weighted by Gasteiger charge is -2.42. The van der Waals surface area contributed by atoms with Crippen molar-refractivity contribution in [3.63, 3.8) is 0 Å². The number of fused-ring (bicyclic) bond motifs is 3. The zero-order valence-electron chi connectivity index (χ0n) is 11.3. The maximum atomic E-state index is 11.2. The van der Waals surface area contributed by atoms with Crippen LogP contribution in [0.2, 0.25) is 0 Å². The summed E-state index contributed by atoms with van der Waals surface area (Å²) in [5, 5.41) is 9.17. The summed E-state index contributed by atoms with van der Waals surface area (Å²) in [5.41, 5.74) is 2.36. The van der Waals surface area contributed by atoms with Crippen LogP contribution in [-0.4, -0.2) is 46.3 Å². The molecule has 0 bridgehead atoms. The lowest BCUT2D eigenvalue weighted by Crippen LogP contribution is -2.58. The Hall–Kier alpha value is -1.78. The van der Waals surface area contributed by atoms with E-state index in [9.17, 15) is 4.79 Å². The van der Waals surface area contributed by atoms with E-state index in [1.807, 2.05) is 0 Å². The molecular weight excluding hydrogens is 242 g/mol. The Morgan fingerprint density at radius 3 is 2.95 bits per heavy atom. The molecule has 1 N–H and O–H groups in total. The number of rotatable bonds is 1. The number of piperazine rings is 1. The minimum Gasteiger partial charge on any atom is -0.465 e. The maximum Gasteiger partial charge on any atom is 0.407 e. The molecule has 0 aliphatic carbocycles. The van der Waals surface area contributed by atoms with Crippen LogP contribution < -0.4 is 4.90 Å². The van der Waals surface area contributed by atoms with Gasteiger partial charge in [-0.25, -0.2) is 9.78 Å². The van der Waals surface area contributed by atoms with Crippen molar-refractivity contribution in [2.45, 2.75) is 38.8 Å². The minimum atomic E-state index is -0.815. The number of hydrogen-bond donors (Lipinski definition) is 1. The van der Waals surface area contributed by atoms with Crippen LogP contribution in [0.15, 0.2) is 12.1 Å². The van der Waals surface area contributed by atoms with Gasteiger partial charge in [0.1, 0.15) is 5.82 Å². The van der Waals surface area contributed by atoms with E-state index in [4.69, 9.17) is 10.1 Å². The Morgan fingerprint density at radius 1 is 1.47 bits per heavy atom. The van der Waals surface area contributed by atoms with Gasteiger partial charge < -0.3 is 14.9 Å². The summed E-state index contributed by atoms with van der Waals surface area (Å²) < 4.78 is 0. The second kappa shape index (κ2) is 4.40. The number of anilines is 1. The molecule has 2 aliphatic rings. The monoisotopic (exact) mass is 261 g/mol. The van der Waals surface area contributed by atoms with Crippen LogP contribution in [0.5, 0.6) is 0 Å². The molecular formula is C14H19N3O2. The molecule has 1 aromatic rings. The number of pyridine rings is 1. The van der Waals surface area contributed by atoms with Crippen LogP contribution in [0.25, 0.3) is 0 Å². The summed E-state index contributed by atoms with van der Waals surface area (Å²) >= 11 is 0. The standard InChI is InChI=1S/C14H19N3O2/c1-3-11-5-4-10-6-12-8-16(14(18)19)7-9(2)17(12)13(10)15-11/h4-5,9,12H,3,6-8H2,1-2H3,(H,18,19)/t9-,12-/m1/s1. The van der Waals surface area contributed by atoms with Gasteiger partial charge in [0.05, 0.1) is 6.04 Å². The quantitative estimate of drug-likeness (QED) is 0.837. The normalized spacial score (nSPS) is 25.2. The predicted octanol–water partition coefficient (Wildman–Crippen LogP) is 1.76. The summed E-state index contributed by atoms with van der Waals surface area (Å²) in [6.45, 7) is 5.32. The van der Waals surface area contributed by atoms with Crippen molar-refractivity contribution in [1.82, 2.24) is 9.88 Å². The van der Waals surface area contributed by atoms with Crippen LogP contribution in [-0.2, 0) is 12.8 Å². The Kier molecular flexibility index (Phi) is 2.84. The van der Waals surface area contributed by atoms with Gasteiger partial charge in [-0.3, -0.25) is 0 Å². The lowest BCUT2D eigenvalue weighted by molar-refractivity contribution is 0.128. The van der Waals surface area contributed by atoms with Crippen molar-refractivity contribution >= 4 is 11.9 Å². The average molecular weight is 261 g/mol. The van der Waals surface area contributed by atoms with Crippen LogP contribution in [0.3, 0.4) is 0 Å². The highest BCUT2D eigenvalue weighted by molar-refractivity contribution is 5.67. The first-order chi connectivity index (χ1) is 9.10. The van der Waals surface area contributed by atoms with E-state index >= 15 is 0 Å². The van der Waals surface area contributed by atoms with Crippen LogP contribution >= 0.6 is 0 Å². The molecule has 1 fully saturated rings. The topological polar surface area (TPSA) is 56.7 Å². The third-order valence-corrected chi connectivity index (χ3v) is 4.13. The molecule has 5 nitrogen and oxygen atoms in total. The Bertz CT molecular complexity index is 517. The number of carboxylic acid groups (broad SMARTS) is 1. The second-order valence-electron chi connectivity index (χ2n) is 5.44. The highest BCUT2D eigenvalue weighted by Gasteiger charge is 2.40. The van der Waals surface area contributed by atoms with Gasteiger partial charge in [0.15, 0.2) is 0 Å². The van der Waals surface area contributed by atoms with E-state index in [1.54, 1.807) is 0 Å². The molecule has 19 heavy (non-hydrogen) atoms. The molecule has 1 saturated heterocycles. The molecule has 0 spiro atoms. The van der Waals surface area contributed by atoms with Gasteiger partial charge in [0.25, 0.3) is 0 Å². The Balaban J connectivity index is 1.92. The SMILES string of the molecule is CCc1ccc2c(n1)N1[C@H](C2)CN(C(=O)O)C[C@H]1C. The molecule has 0 saturated carbocycles. The number of amides is 1. The van der Waals surface area contributed by atoms with E-state index in [0.717, 1.165) is 24.4 Å². The number of nitrogens with zero attached hydrogens (tertiary/aromatic N) is 3. The predicted molar refractivity (Wildman–Crippen MR) is 72.6 cm³/mol. The van der Waals surface area contributed by atoms with Crippen LogP contribution in [0, 0.1) is 0 Å². The molecule has 102 valence electrons. The van der Waals surface area contributed by atoms with Gasteiger partial charge in [-0.2, -0.15) is 0 Å². The summed E-state index contributed by atoms with van der Waals surface area (Å²) in [5.74, 6) is 1.07. The molecule has 2 aliphatic heterocycles. The Morgan fingerprint density at radius 2 is 2.26 bits per heavy atom. The van der Waals surface area contributed by atoms with Crippen molar-refractivity contribution in [1.29, 1.82) is 0 Å². The molecule has 3 heterocycles. The van der Waals surface area contributed by atoms with Gasteiger partial charge in [-0.15, -0.1) is 0 Å². The van der Waals surface area contributed by atoms with Gasteiger partial charge in [0, 0.05) is 24.8 Å². The smallest absolute Gasteiger partial charge is 0.407 e. The van der Waals surface area contributed by atoms with Gasteiger partial charge >= 0.3 is 6.09 Å². The Labute approximate surface area is 112 Å². The molecule has 3 rings (SSSR count). The summed E-state index contributed by atoms with van der Waals surface area (Å²) in [4.78, 5) is 19.7. The van der Waals surface area contributed by atoms with E-state index in [2.05, 4.69) is 30.9 Å². The number of aryl methyl sites for hydroxylation is 1. The van der Waals surface area contributed by atoms with Crippen molar-refractivity contribution in [2.75, 3.05) is 18.0 Å². The molecule has 0 radical (unpaired) electrons. The third-order valence-electron chi connectivity index (χ3n) is 4.13. The highest BCUT2D eigenvalue weighted by Crippen LogP contribution is 2.35. The van der Waals surface area contributed by atoms with Gasteiger partial charge in [-0.1, -0.05) is 13.0 Å². The molecule has 0 aromatic carbocycles. The first-order valence-electron chi connectivity index (χ1n) is 6.85. The minimum absolute atomic E-state index is 0.190. The number of hydrogen-bond acceptors (Lipinski definition) is 3. The number of carbonyl (C=O) groups is 1. The fourth-order valence-electron chi connectivity index (χ4n) is 3.23. The van der Waals surface area contributed by atoms with E-state index < -0.39 is 6.09 Å². The maximum absolute atomic E-state index is 11.2. The van der Waals surface area contributed by atoms with Gasteiger partial charge in [-0.05, 0) is 31.4 Å². The molecule has 5 heteroatoms. The van der Waals surface area contributed by atoms with Crippen LogP contribution in [0.4, 0.5) is 10.6 Å². The lowest BCUT2D eigenvalue weighted by atomic mass is 10.1. The van der Waals surface area contributed by atoms with Crippen LogP contribution in [0.1, 0.15) is 25.1 Å². The fourth-order valence-corrected chi connectivity index (χ4v) is 3.23. The number of aromatic nitrogens is 1. The zero-order chi connectivity index (χ0) is 13.6. The van der Waals surface area contributed by atoms with Crippen molar-refractivity contribution in [2.24, 2.45) is 0 Å². The summed E-state index contributed by atoms with van der Waals surface area (Å²) in [6.07, 6.45) is 1.02. The van der Waals surface area contributed by atoms with Crippen molar-refractivity contribution in [3.8, 4) is 0 Å². The highest BCUT2D eigenvalue weighted by atomic mass is 16.4. The third kappa shape index (κ3) is 1.93. The molecule has 2 atom stereocenters. The summed E-state index contributed by atoms with van der Waals surface area (Å²) in [6, 6.07) is 4.67. The first kappa shape index (κ1) is 12.3. The van der Waals surface area contributed by atoms with E-state index in [1.165, 1.54) is 10.5 Å².